The summed E-state index contributed by atoms with van der Waals surface area (Å²) in [5, 5.41) is 13.5. The molecule has 0 atom stereocenters. The Bertz CT molecular complexity index is 1000. The summed E-state index contributed by atoms with van der Waals surface area (Å²) in [5.74, 6) is -0.237. The number of nitro benzene ring substituents is 1. The molecule has 0 fully saturated rings. The van der Waals surface area contributed by atoms with Gasteiger partial charge >= 0.3 is 0 Å². The number of hydrogen-bond donors (Lipinski definition) is 1. The first-order valence-electron chi connectivity index (χ1n) is 8.19. The van der Waals surface area contributed by atoms with Gasteiger partial charge in [0.15, 0.2) is 0 Å². The minimum Gasteiger partial charge on any atom is -0.348 e. The van der Waals surface area contributed by atoms with Crippen LogP contribution in [0.4, 0.5) is 5.69 Å². The van der Waals surface area contributed by atoms with E-state index in [1.807, 2.05) is 30.3 Å². The summed E-state index contributed by atoms with van der Waals surface area (Å²) in [7, 11) is 0. The van der Waals surface area contributed by atoms with Crippen molar-refractivity contribution in [3.63, 3.8) is 0 Å². The number of nitrogens with one attached hydrogen (secondary N) is 1. The highest BCUT2D eigenvalue weighted by molar-refractivity contribution is 9.10. The molecule has 0 bridgehead atoms. The number of aryl methyl sites for hydroxylation is 1. The molecule has 0 unspecified atom stereocenters. The molecule has 7 heteroatoms. The summed E-state index contributed by atoms with van der Waals surface area (Å²) < 4.78 is 0.962. The SMILES string of the molecule is Cc1nc(-c2cccc(Br)c2)ccc1C(=O)NCc1ccc([N+](=O)[O-])cc1. The van der Waals surface area contributed by atoms with Crippen molar-refractivity contribution in [1.82, 2.24) is 10.3 Å². The fraction of sp³-hybridized carbons (Fsp3) is 0.100. The van der Waals surface area contributed by atoms with Crippen LogP contribution in [0.1, 0.15) is 21.6 Å². The number of rotatable bonds is 5. The van der Waals surface area contributed by atoms with Crippen LogP contribution in [0.5, 0.6) is 0 Å². The van der Waals surface area contributed by atoms with Gasteiger partial charge in [0.2, 0.25) is 0 Å². The highest BCUT2D eigenvalue weighted by atomic mass is 79.9. The van der Waals surface area contributed by atoms with E-state index in [4.69, 9.17) is 0 Å². The Morgan fingerprint density at radius 1 is 1.15 bits per heavy atom. The molecule has 136 valence electrons. The maximum atomic E-state index is 12.4. The molecule has 1 heterocycles. The Labute approximate surface area is 164 Å². The van der Waals surface area contributed by atoms with Crippen molar-refractivity contribution >= 4 is 27.5 Å². The largest absolute Gasteiger partial charge is 0.348 e. The molecular weight excluding hydrogens is 410 g/mol. The minimum absolute atomic E-state index is 0.0215. The lowest BCUT2D eigenvalue weighted by atomic mass is 10.1. The van der Waals surface area contributed by atoms with Crippen molar-refractivity contribution in [3.05, 3.63) is 92.1 Å². The summed E-state index contributed by atoms with van der Waals surface area (Å²) in [4.78, 5) is 27.2. The molecule has 1 aromatic heterocycles. The standard InChI is InChI=1S/C20H16BrN3O3/c1-13-18(9-10-19(23-13)15-3-2-4-16(21)11-15)20(25)22-12-14-5-7-17(8-6-14)24(26)27/h2-11H,12H2,1H3,(H,22,25). The van der Waals surface area contributed by atoms with Crippen molar-refractivity contribution in [2.75, 3.05) is 0 Å². The number of aromatic nitrogens is 1. The Kier molecular flexibility index (Phi) is 5.61. The molecule has 0 radical (unpaired) electrons. The van der Waals surface area contributed by atoms with Crippen LogP contribution in [0.3, 0.4) is 0 Å². The molecule has 0 aliphatic carbocycles. The number of halogens is 1. The van der Waals surface area contributed by atoms with Gasteiger partial charge in [-0.15, -0.1) is 0 Å². The van der Waals surface area contributed by atoms with Crippen molar-refractivity contribution in [2.24, 2.45) is 0 Å². The molecule has 27 heavy (non-hydrogen) atoms. The van der Waals surface area contributed by atoms with Crippen LogP contribution in [0, 0.1) is 17.0 Å². The van der Waals surface area contributed by atoms with E-state index in [2.05, 4.69) is 26.2 Å². The Hall–Kier alpha value is -3.06. The summed E-state index contributed by atoms with van der Waals surface area (Å²) in [5.41, 5.74) is 3.69. The monoisotopic (exact) mass is 425 g/mol. The molecule has 0 saturated heterocycles. The van der Waals surface area contributed by atoms with Crippen molar-refractivity contribution in [2.45, 2.75) is 13.5 Å². The van der Waals surface area contributed by atoms with Gasteiger partial charge < -0.3 is 5.32 Å². The van der Waals surface area contributed by atoms with Crippen molar-refractivity contribution in [3.8, 4) is 11.3 Å². The van der Waals surface area contributed by atoms with E-state index in [1.54, 1.807) is 25.1 Å². The predicted molar refractivity (Wildman–Crippen MR) is 106 cm³/mol. The minimum atomic E-state index is -0.454. The van der Waals surface area contributed by atoms with E-state index in [-0.39, 0.29) is 18.1 Å². The Balaban J connectivity index is 1.70. The molecule has 0 aliphatic heterocycles. The molecule has 1 N–H and O–H groups in total. The maximum Gasteiger partial charge on any atom is 0.269 e. The van der Waals surface area contributed by atoms with Gasteiger partial charge in [0.25, 0.3) is 11.6 Å². The lowest BCUT2D eigenvalue weighted by molar-refractivity contribution is -0.384. The van der Waals surface area contributed by atoms with Gasteiger partial charge in [-0.1, -0.05) is 40.2 Å². The fourth-order valence-corrected chi connectivity index (χ4v) is 3.02. The van der Waals surface area contributed by atoms with E-state index in [0.29, 0.717) is 11.3 Å². The number of hydrogen-bond acceptors (Lipinski definition) is 4. The van der Waals surface area contributed by atoms with Gasteiger partial charge in [-0.05, 0) is 36.8 Å². The topological polar surface area (TPSA) is 85.1 Å². The van der Waals surface area contributed by atoms with Gasteiger partial charge in [0, 0.05) is 28.7 Å². The quantitative estimate of drug-likeness (QED) is 0.475. The molecule has 0 saturated carbocycles. The number of benzene rings is 2. The van der Waals surface area contributed by atoms with Gasteiger partial charge in [-0.2, -0.15) is 0 Å². The highest BCUT2D eigenvalue weighted by Gasteiger charge is 2.12. The van der Waals surface area contributed by atoms with E-state index >= 15 is 0 Å². The molecule has 2 aromatic carbocycles. The van der Waals surface area contributed by atoms with E-state index in [9.17, 15) is 14.9 Å². The van der Waals surface area contributed by atoms with Crippen LogP contribution in [0.15, 0.2) is 65.1 Å². The molecule has 0 spiro atoms. The molecule has 1 amide bonds. The normalized spacial score (nSPS) is 10.4. The van der Waals surface area contributed by atoms with E-state index in [0.717, 1.165) is 21.3 Å². The third kappa shape index (κ3) is 4.57. The van der Waals surface area contributed by atoms with Crippen LogP contribution >= 0.6 is 15.9 Å². The highest BCUT2D eigenvalue weighted by Crippen LogP contribution is 2.22. The van der Waals surface area contributed by atoms with Crippen LogP contribution in [0.25, 0.3) is 11.3 Å². The molecule has 6 nitrogen and oxygen atoms in total. The summed E-state index contributed by atoms with van der Waals surface area (Å²) in [6, 6.07) is 17.5. The van der Waals surface area contributed by atoms with Crippen LogP contribution in [-0.2, 0) is 6.54 Å². The number of nitro groups is 1. The van der Waals surface area contributed by atoms with Gasteiger partial charge in [0.05, 0.1) is 21.9 Å². The van der Waals surface area contributed by atoms with Crippen molar-refractivity contribution < 1.29 is 9.72 Å². The predicted octanol–water partition coefficient (Wildman–Crippen LogP) is 4.66. The lowest BCUT2D eigenvalue weighted by Crippen LogP contribution is -2.24. The average molecular weight is 426 g/mol. The molecule has 3 aromatic rings. The van der Waals surface area contributed by atoms with Crippen LogP contribution in [0.2, 0.25) is 0 Å². The van der Waals surface area contributed by atoms with Gasteiger partial charge in [-0.3, -0.25) is 19.9 Å². The first kappa shape index (κ1) is 18.7. The van der Waals surface area contributed by atoms with Crippen LogP contribution < -0.4 is 5.32 Å². The number of nitrogens with zero attached hydrogens (tertiary/aromatic N) is 2. The van der Waals surface area contributed by atoms with Crippen molar-refractivity contribution in [1.29, 1.82) is 0 Å². The smallest absolute Gasteiger partial charge is 0.269 e. The third-order valence-electron chi connectivity index (χ3n) is 4.05. The number of amides is 1. The number of non-ortho nitro benzene ring substituents is 1. The molecule has 0 aliphatic rings. The maximum absolute atomic E-state index is 12.4. The first-order valence-corrected chi connectivity index (χ1v) is 8.98. The zero-order valence-corrected chi connectivity index (χ0v) is 16.1. The first-order chi connectivity index (χ1) is 12.9. The second kappa shape index (κ2) is 8.09. The molecule has 3 rings (SSSR count). The molecular formula is C20H16BrN3O3. The van der Waals surface area contributed by atoms with Gasteiger partial charge in [0.1, 0.15) is 0 Å². The summed E-state index contributed by atoms with van der Waals surface area (Å²) in [6.45, 7) is 2.08. The van der Waals surface area contributed by atoms with Gasteiger partial charge in [-0.25, -0.2) is 0 Å². The average Bonchev–Trinajstić information content (AvgIpc) is 2.66. The van der Waals surface area contributed by atoms with Crippen LogP contribution in [-0.4, -0.2) is 15.8 Å². The summed E-state index contributed by atoms with van der Waals surface area (Å²) >= 11 is 3.44. The Morgan fingerprint density at radius 2 is 1.89 bits per heavy atom. The zero-order chi connectivity index (χ0) is 19.4. The second-order valence-corrected chi connectivity index (χ2v) is 6.86. The fourth-order valence-electron chi connectivity index (χ4n) is 2.62. The van der Waals surface area contributed by atoms with E-state index in [1.165, 1.54) is 12.1 Å². The number of carbonyl (C=O) groups is 1. The second-order valence-electron chi connectivity index (χ2n) is 5.95. The number of carbonyl (C=O) groups excluding carboxylic acids is 1. The lowest BCUT2D eigenvalue weighted by Gasteiger charge is -2.09. The number of pyridine rings is 1. The Morgan fingerprint density at radius 3 is 2.52 bits per heavy atom. The zero-order valence-electron chi connectivity index (χ0n) is 14.5. The third-order valence-corrected chi connectivity index (χ3v) is 4.54. The summed E-state index contributed by atoms with van der Waals surface area (Å²) in [6.07, 6.45) is 0. The van der Waals surface area contributed by atoms with E-state index < -0.39 is 4.92 Å².